The van der Waals surface area contributed by atoms with Crippen LogP contribution in [0.4, 0.5) is 0 Å². The minimum absolute atomic E-state index is 0.153. The molecule has 0 aromatic rings. The van der Waals surface area contributed by atoms with Gasteiger partial charge in [-0.05, 0) is 30.6 Å². The van der Waals surface area contributed by atoms with Crippen molar-refractivity contribution in [1.82, 2.24) is 0 Å². The summed E-state index contributed by atoms with van der Waals surface area (Å²) in [6.07, 6.45) is 2.91. The predicted molar refractivity (Wildman–Crippen MR) is 61.6 cm³/mol. The van der Waals surface area contributed by atoms with Crippen LogP contribution >= 0.6 is 0 Å². The summed E-state index contributed by atoms with van der Waals surface area (Å²) in [7, 11) is 0. The lowest BCUT2D eigenvalue weighted by atomic mass is 9.70. The molecule has 0 aliphatic carbocycles. The highest BCUT2D eigenvalue weighted by Crippen LogP contribution is 2.37. The smallest absolute Gasteiger partial charge is 0.0819 e. The highest BCUT2D eigenvalue weighted by molar-refractivity contribution is 4.93. The SMILES string of the molecule is CC(C)(C)C(O)(CN)CC1CCOCC1. The van der Waals surface area contributed by atoms with E-state index in [1.807, 2.05) is 0 Å². The standard InChI is InChI=1S/C12H25NO2/c1-11(2,3)12(14,9-13)8-10-4-6-15-7-5-10/h10,14H,4-9,13H2,1-3H3. The van der Waals surface area contributed by atoms with E-state index >= 15 is 0 Å². The van der Waals surface area contributed by atoms with Crippen LogP contribution in [0.3, 0.4) is 0 Å². The van der Waals surface area contributed by atoms with Crippen molar-refractivity contribution in [1.29, 1.82) is 0 Å². The maximum absolute atomic E-state index is 10.5. The van der Waals surface area contributed by atoms with Gasteiger partial charge in [-0.25, -0.2) is 0 Å². The fraction of sp³-hybridized carbons (Fsp3) is 1.00. The van der Waals surface area contributed by atoms with Crippen molar-refractivity contribution in [3.63, 3.8) is 0 Å². The van der Waals surface area contributed by atoms with Crippen LogP contribution in [-0.2, 0) is 4.74 Å². The van der Waals surface area contributed by atoms with Gasteiger partial charge in [-0.2, -0.15) is 0 Å². The first-order valence-corrected chi connectivity index (χ1v) is 5.89. The second-order valence-corrected chi connectivity index (χ2v) is 5.75. The molecule has 1 rings (SSSR count). The summed E-state index contributed by atoms with van der Waals surface area (Å²) in [5.74, 6) is 0.562. The number of rotatable bonds is 3. The van der Waals surface area contributed by atoms with E-state index in [9.17, 15) is 5.11 Å². The molecule has 90 valence electrons. The first kappa shape index (κ1) is 12.9. The van der Waals surface area contributed by atoms with Crippen molar-refractivity contribution in [3.8, 4) is 0 Å². The van der Waals surface area contributed by atoms with E-state index in [1.54, 1.807) is 0 Å². The lowest BCUT2D eigenvalue weighted by Crippen LogP contribution is -2.50. The van der Waals surface area contributed by atoms with Crippen LogP contribution in [0.15, 0.2) is 0 Å². The number of nitrogens with two attached hydrogens (primary N) is 1. The van der Waals surface area contributed by atoms with Crippen molar-refractivity contribution in [2.24, 2.45) is 17.1 Å². The molecule has 1 atom stereocenters. The van der Waals surface area contributed by atoms with Gasteiger partial charge in [-0.15, -0.1) is 0 Å². The summed E-state index contributed by atoms with van der Waals surface area (Å²) in [5, 5.41) is 10.5. The highest BCUT2D eigenvalue weighted by atomic mass is 16.5. The molecule has 0 bridgehead atoms. The van der Waals surface area contributed by atoms with Crippen LogP contribution in [-0.4, -0.2) is 30.5 Å². The Morgan fingerprint density at radius 3 is 2.20 bits per heavy atom. The summed E-state index contributed by atoms with van der Waals surface area (Å²) in [4.78, 5) is 0. The van der Waals surface area contributed by atoms with E-state index in [-0.39, 0.29) is 5.41 Å². The second-order valence-electron chi connectivity index (χ2n) is 5.75. The van der Waals surface area contributed by atoms with E-state index in [0.717, 1.165) is 32.5 Å². The predicted octanol–water partition coefficient (Wildman–Crippen LogP) is 1.54. The third kappa shape index (κ3) is 3.16. The largest absolute Gasteiger partial charge is 0.388 e. The minimum Gasteiger partial charge on any atom is -0.388 e. The van der Waals surface area contributed by atoms with Gasteiger partial charge < -0.3 is 15.6 Å². The number of hydrogen-bond acceptors (Lipinski definition) is 3. The minimum atomic E-state index is -0.741. The summed E-state index contributed by atoms with van der Waals surface area (Å²) in [5.41, 5.74) is 4.84. The molecule has 3 nitrogen and oxygen atoms in total. The van der Waals surface area contributed by atoms with Gasteiger partial charge in [0.15, 0.2) is 0 Å². The molecular weight excluding hydrogens is 190 g/mol. The molecule has 3 N–H and O–H groups in total. The van der Waals surface area contributed by atoms with Gasteiger partial charge in [-0.1, -0.05) is 20.8 Å². The number of aliphatic hydroxyl groups is 1. The molecule has 0 aromatic heterocycles. The highest BCUT2D eigenvalue weighted by Gasteiger charge is 2.40. The molecule has 0 spiro atoms. The summed E-state index contributed by atoms with van der Waals surface area (Å²) < 4.78 is 5.32. The Labute approximate surface area is 93.0 Å². The molecule has 0 amide bonds. The van der Waals surface area contributed by atoms with Crippen LogP contribution in [0.1, 0.15) is 40.0 Å². The fourth-order valence-corrected chi connectivity index (χ4v) is 2.12. The van der Waals surface area contributed by atoms with Gasteiger partial charge in [0.25, 0.3) is 0 Å². The molecular formula is C12H25NO2. The quantitative estimate of drug-likeness (QED) is 0.751. The molecule has 0 radical (unpaired) electrons. The summed E-state index contributed by atoms with van der Waals surface area (Å²) in [6.45, 7) is 8.16. The van der Waals surface area contributed by atoms with Gasteiger partial charge in [0.2, 0.25) is 0 Å². The van der Waals surface area contributed by atoms with E-state index in [0.29, 0.717) is 12.5 Å². The molecule has 0 saturated carbocycles. The molecule has 1 aliphatic heterocycles. The molecule has 1 unspecified atom stereocenters. The molecule has 1 heterocycles. The van der Waals surface area contributed by atoms with Gasteiger partial charge in [0.1, 0.15) is 0 Å². The van der Waals surface area contributed by atoms with Crippen LogP contribution in [0.25, 0.3) is 0 Å². The first-order valence-electron chi connectivity index (χ1n) is 5.89. The average molecular weight is 215 g/mol. The van der Waals surface area contributed by atoms with Crippen molar-refractivity contribution in [2.75, 3.05) is 19.8 Å². The zero-order valence-electron chi connectivity index (χ0n) is 10.3. The molecule has 0 aromatic carbocycles. The van der Waals surface area contributed by atoms with E-state index < -0.39 is 5.60 Å². The van der Waals surface area contributed by atoms with Gasteiger partial charge in [-0.3, -0.25) is 0 Å². The summed E-state index contributed by atoms with van der Waals surface area (Å²) in [6, 6.07) is 0. The van der Waals surface area contributed by atoms with Crippen molar-refractivity contribution in [2.45, 2.75) is 45.6 Å². The van der Waals surface area contributed by atoms with Crippen LogP contribution in [0.2, 0.25) is 0 Å². The maximum atomic E-state index is 10.5. The Bertz CT molecular complexity index is 194. The zero-order chi connectivity index (χ0) is 11.5. The second kappa shape index (κ2) is 4.81. The molecule has 3 heteroatoms. The number of ether oxygens (including phenoxy) is 1. The Morgan fingerprint density at radius 2 is 1.80 bits per heavy atom. The topological polar surface area (TPSA) is 55.5 Å². The zero-order valence-corrected chi connectivity index (χ0v) is 10.3. The molecule has 1 aliphatic rings. The van der Waals surface area contributed by atoms with Crippen LogP contribution in [0, 0.1) is 11.3 Å². The van der Waals surface area contributed by atoms with Gasteiger partial charge in [0.05, 0.1) is 5.60 Å². The van der Waals surface area contributed by atoms with Crippen molar-refractivity contribution >= 4 is 0 Å². The lowest BCUT2D eigenvalue weighted by Gasteiger charge is -2.42. The lowest BCUT2D eigenvalue weighted by molar-refractivity contribution is -0.0781. The maximum Gasteiger partial charge on any atom is 0.0819 e. The Hall–Kier alpha value is -0.120. The normalized spacial score (nSPS) is 23.8. The Balaban J connectivity index is 2.58. The van der Waals surface area contributed by atoms with Crippen LogP contribution < -0.4 is 5.73 Å². The third-order valence-corrected chi connectivity index (χ3v) is 3.70. The Kier molecular flexibility index (Phi) is 4.15. The fourth-order valence-electron chi connectivity index (χ4n) is 2.12. The van der Waals surface area contributed by atoms with E-state index in [4.69, 9.17) is 10.5 Å². The van der Waals surface area contributed by atoms with E-state index in [1.165, 1.54) is 0 Å². The van der Waals surface area contributed by atoms with Crippen LogP contribution in [0.5, 0.6) is 0 Å². The molecule has 1 fully saturated rings. The summed E-state index contributed by atoms with van der Waals surface area (Å²) >= 11 is 0. The third-order valence-electron chi connectivity index (χ3n) is 3.70. The number of hydrogen-bond donors (Lipinski definition) is 2. The van der Waals surface area contributed by atoms with Gasteiger partial charge >= 0.3 is 0 Å². The molecule has 15 heavy (non-hydrogen) atoms. The van der Waals surface area contributed by atoms with E-state index in [2.05, 4.69) is 20.8 Å². The monoisotopic (exact) mass is 215 g/mol. The van der Waals surface area contributed by atoms with Crippen molar-refractivity contribution in [3.05, 3.63) is 0 Å². The Morgan fingerprint density at radius 1 is 1.27 bits per heavy atom. The molecule has 1 saturated heterocycles. The first-order chi connectivity index (χ1) is 6.89. The van der Waals surface area contributed by atoms with Gasteiger partial charge in [0, 0.05) is 19.8 Å². The average Bonchev–Trinajstić information content (AvgIpc) is 2.17. The van der Waals surface area contributed by atoms with Crippen molar-refractivity contribution < 1.29 is 9.84 Å².